The largest absolute Gasteiger partial charge is 0.416 e. The Balaban J connectivity index is 1.88. The molecule has 4 aromatic rings. The summed E-state index contributed by atoms with van der Waals surface area (Å²) in [5.41, 5.74) is 0.849. The van der Waals surface area contributed by atoms with Crippen molar-refractivity contribution in [2.45, 2.75) is 12.2 Å². The smallest absolute Gasteiger partial charge is 0.322 e. The number of hydrogen-bond acceptors (Lipinski definition) is 3. The van der Waals surface area contributed by atoms with Crippen molar-refractivity contribution in [3.63, 3.8) is 0 Å². The van der Waals surface area contributed by atoms with E-state index in [9.17, 15) is 18.0 Å². The SMILES string of the molecule is O=c1ccc2cc(C(c3cccc(C(F)(F)F)c3)n3cncn3)ccc2[nH]1. The molecule has 0 bridgehead atoms. The zero-order chi connectivity index (χ0) is 19.0. The van der Waals surface area contributed by atoms with Gasteiger partial charge in [0.1, 0.15) is 18.7 Å². The molecule has 1 N–H and O–H groups in total. The minimum Gasteiger partial charge on any atom is -0.322 e. The van der Waals surface area contributed by atoms with Gasteiger partial charge in [-0.25, -0.2) is 9.67 Å². The first-order valence-corrected chi connectivity index (χ1v) is 8.06. The first-order valence-electron chi connectivity index (χ1n) is 8.06. The van der Waals surface area contributed by atoms with Crippen LogP contribution in [0.5, 0.6) is 0 Å². The molecule has 0 aliphatic rings. The lowest BCUT2D eigenvalue weighted by Gasteiger charge is -2.20. The molecule has 5 nitrogen and oxygen atoms in total. The molecule has 1 atom stereocenters. The minimum absolute atomic E-state index is 0.221. The van der Waals surface area contributed by atoms with Gasteiger partial charge in [-0.2, -0.15) is 18.3 Å². The highest BCUT2D eigenvalue weighted by atomic mass is 19.4. The summed E-state index contributed by atoms with van der Waals surface area (Å²) in [6.45, 7) is 0. The van der Waals surface area contributed by atoms with Crippen LogP contribution in [0.15, 0.2) is 72.0 Å². The van der Waals surface area contributed by atoms with Gasteiger partial charge >= 0.3 is 6.18 Å². The Hall–Kier alpha value is -3.42. The number of alkyl halides is 3. The summed E-state index contributed by atoms with van der Waals surface area (Å²) < 4.78 is 41.0. The molecule has 4 rings (SSSR count). The average Bonchev–Trinajstić information content (AvgIpc) is 3.16. The van der Waals surface area contributed by atoms with E-state index in [-0.39, 0.29) is 5.56 Å². The maximum Gasteiger partial charge on any atom is 0.416 e. The summed E-state index contributed by atoms with van der Waals surface area (Å²) >= 11 is 0. The van der Waals surface area contributed by atoms with Crippen LogP contribution in [-0.2, 0) is 6.18 Å². The maximum absolute atomic E-state index is 13.2. The van der Waals surface area contributed by atoms with Gasteiger partial charge in [-0.15, -0.1) is 0 Å². The quantitative estimate of drug-likeness (QED) is 0.597. The number of aromatic amines is 1. The van der Waals surface area contributed by atoms with E-state index in [1.165, 1.54) is 29.5 Å². The van der Waals surface area contributed by atoms with Crippen LogP contribution in [0.3, 0.4) is 0 Å². The minimum atomic E-state index is -4.44. The Morgan fingerprint density at radius 1 is 1.00 bits per heavy atom. The average molecular weight is 370 g/mol. The third-order valence-corrected chi connectivity index (χ3v) is 4.29. The Morgan fingerprint density at radius 3 is 2.56 bits per heavy atom. The van der Waals surface area contributed by atoms with Gasteiger partial charge in [0.2, 0.25) is 5.56 Å². The molecule has 0 saturated carbocycles. The standard InChI is InChI=1S/C19H13F3N4O/c20-19(21,22)15-3-1-2-13(9-15)18(26-11-23-10-24-26)14-4-6-16-12(8-14)5-7-17(27)25-16/h1-11,18H,(H,25,27). The Bertz CT molecular complexity index is 1150. The highest BCUT2D eigenvalue weighted by Crippen LogP contribution is 2.33. The van der Waals surface area contributed by atoms with Crippen LogP contribution < -0.4 is 5.56 Å². The normalized spacial score (nSPS) is 13.0. The van der Waals surface area contributed by atoms with Gasteiger partial charge in [0.25, 0.3) is 0 Å². The molecule has 0 spiro atoms. The molecule has 0 fully saturated rings. The van der Waals surface area contributed by atoms with Crippen LogP contribution in [0.1, 0.15) is 22.7 Å². The van der Waals surface area contributed by atoms with Gasteiger partial charge < -0.3 is 4.98 Å². The third-order valence-electron chi connectivity index (χ3n) is 4.29. The number of pyridine rings is 1. The van der Waals surface area contributed by atoms with Crippen LogP contribution in [0.2, 0.25) is 0 Å². The van der Waals surface area contributed by atoms with E-state index in [1.807, 2.05) is 6.07 Å². The summed E-state index contributed by atoms with van der Waals surface area (Å²) in [6, 6.07) is 12.9. The molecular formula is C19H13F3N4O. The van der Waals surface area contributed by atoms with Crippen molar-refractivity contribution in [2.75, 3.05) is 0 Å². The number of rotatable bonds is 3. The van der Waals surface area contributed by atoms with Crippen LogP contribution >= 0.6 is 0 Å². The fourth-order valence-corrected chi connectivity index (χ4v) is 3.08. The summed E-state index contributed by atoms with van der Waals surface area (Å²) in [6.07, 6.45) is -1.65. The highest BCUT2D eigenvalue weighted by molar-refractivity contribution is 5.79. The number of aromatic nitrogens is 4. The molecule has 0 radical (unpaired) electrons. The van der Waals surface area contributed by atoms with E-state index in [0.717, 1.165) is 23.1 Å². The van der Waals surface area contributed by atoms with E-state index in [0.29, 0.717) is 11.1 Å². The van der Waals surface area contributed by atoms with Crippen molar-refractivity contribution in [1.29, 1.82) is 0 Å². The third kappa shape index (κ3) is 3.33. The predicted molar refractivity (Wildman–Crippen MR) is 93.3 cm³/mol. The second-order valence-corrected chi connectivity index (χ2v) is 6.07. The molecule has 0 amide bonds. The highest BCUT2D eigenvalue weighted by Gasteiger charge is 2.31. The molecule has 0 saturated heterocycles. The van der Waals surface area contributed by atoms with E-state index >= 15 is 0 Å². The number of fused-ring (bicyclic) bond motifs is 1. The van der Waals surface area contributed by atoms with Crippen molar-refractivity contribution in [3.8, 4) is 0 Å². The number of halogens is 3. The van der Waals surface area contributed by atoms with Crippen molar-refractivity contribution in [2.24, 2.45) is 0 Å². The molecule has 0 aliphatic heterocycles. The first kappa shape index (κ1) is 17.0. The second-order valence-electron chi connectivity index (χ2n) is 6.07. The zero-order valence-electron chi connectivity index (χ0n) is 13.8. The van der Waals surface area contributed by atoms with Crippen LogP contribution in [-0.4, -0.2) is 19.7 Å². The number of benzene rings is 2. The van der Waals surface area contributed by atoms with Gasteiger partial charge in [0, 0.05) is 11.6 Å². The van der Waals surface area contributed by atoms with E-state index in [1.54, 1.807) is 24.3 Å². The Kier molecular flexibility index (Phi) is 4.02. The van der Waals surface area contributed by atoms with Gasteiger partial charge in [-0.3, -0.25) is 4.79 Å². The van der Waals surface area contributed by atoms with Gasteiger partial charge in [0.05, 0.1) is 5.56 Å². The lowest BCUT2D eigenvalue weighted by atomic mass is 9.96. The molecule has 2 aromatic carbocycles. The van der Waals surface area contributed by atoms with Crippen molar-refractivity contribution < 1.29 is 13.2 Å². The topological polar surface area (TPSA) is 63.6 Å². The van der Waals surface area contributed by atoms with Gasteiger partial charge in [0.15, 0.2) is 0 Å². The van der Waals surface area contributed by atoms with E-state index in [4.69, 9.17) is 0 Å². The van der Waals surface area contributed by atoms with E-state index < -0.39 is 17.8 Å². The molecule has 8 heteroatoms. The fraction of sp³-hybridized carbons (Fsp3) is 0.105. The molecule has 0 aliphatic carbocycles. The Morgan fingerprint density at radius 2 is 1.81 bits per heavy atom. The predicted octanol–water partition coefficient (Wildman–Crippen LogP) is 3.78. The summed E-state index contributed by atoms with van der Waals surface area (Å²) in [5, 5.41) is 4.89. The summed E-state index contributed by atoms with van der Waals surface area (Å²) in [7, 11) is 0. The fourth-order valence-electron chi connectivity index (χ4n) is 3.08. The second kappa shape index (κ2) is 6.39. The van der Waals surface area contributed by atoms with Gasteiger partial charge in [-0.1, -0.05) is 18.2 Å². The number of hydrogen-bond donors (Lipinski definition) is 1. The van der Waals surface area contributed by atoms with Crippen LogP contribution in [0.4, 0.5) is 13.2 Å². The van der Waals surface area contributed by atoms with Crippen LogP contribution in [0.25, 0.3) is 10.9 Å². The van der Waals surface area contributed by atoms with Gasteiger partial charge in [-0.05, 0) is 46.8 Å². The summed E-state index contributed by atoms with van der Waals surface area (Å²) in [4.78, 5) is 18.1. The monoisotopic (exact) mass is 370 g/mol. The van der Waals surface area contributed by atoms with Crippen LogP contribution in [0, 0.1) is 0 Å². The number of nitrogens with one attached hydrogen (secondary N) is 1. The zero-order valence-corrected chi connectivity index (χ0v) is 13.8. The van der Waals surface area contributed by atoms with Crippen molar-refractivity contribution >= 4 is 10.9 Å². The lowest BCUT2D eigenvalue weighted by Crippen LogP contribution is -2.15. The number of nitrogens with zero attached hydrogens (tertiary/aromatic N) is 3. The molecule has 27 heavy (non-hydrogen) atoms. The molecule has 1 unspecified atom stereocenters. The number of H-pyrrole nitrogens is 1. The molecule has 2 heterocycles. The lowest BCUT2D eigenvalue weighted by molar-refractivity contribution is -0.137. The van der Waals surface area contributed by atoms with E-state index in [2.05, 4.69) is 15.1 Å². The molecule has 2 aromatic heterocycles. The van der Waals surface area contributed by atoms with Crippen molar-refractivity contribution in [1.82, 2.24) is 19.7 Å². The maximum atomic E-state index is 13.2. The first-order chi connectivity index (χ1) is 12.9. The molecule has 136 valence electrons. The molecular weight excluding hydrogens is 357 g/mol. The summed E-state index contributed by atoms with van der Waals surface area (Å²) in [5.74, 6) is 0. The Labute approximate surface area is 151 Å². The van der Waals surface area contributed by atoms with Crippen molar-refractivity contribution in [3.05, 3.63) is 94.3 Å².